The number of carbonyl (C=O) groups excluding carboxylic acids is 1. The highest BCUT2D eigenvalue weighted by atomic mass is 19.1. The molecule has 0 saturated heterocycles. The summed E-state index contributed by atoms with van der Waals surface area (Å²) in [5.41, 5.74) is -0.302. The van der Waals surface area contributed by atoms with Crippen molar-refractivity contribution in [2.45, 2.75) is 51.1 Å². The molecule has 0 bridgehead atoms. The molecule has 2 heterocycles. The van der Waals surface area contributed by atoms with Gasteiger partial charge in [0.15, 0.2) is 0 Å². The van der Waals surface area contributed by atoms with Crippen LogP contribution in [0.1, 0.15) is 54.9 Å². The highest BCUT2D eigenvalue weighted by Crippen LogP contribution is 2.39. The van der Waals surface area contributed by atoms with E-state index in [1.807, 2.05) is 6.92 Å². The number of amides is 1. The van der Waals surface area contributed by atoms with Crippen molar-refractivity contribution in [2.24, 2.45) is 0 Å². The number of nitrogens with zero attached hydrogens (tertiary/aromatic N) is 2. The van der Waals surface area contributed by atoms with E-state index in [0.29, 0.717) is 13.0 Å². The SMILES string of the molecule is CCCn1c(=O)[nH]c(=O)c2cc(C(=O)NC3(c4ccc(F)cc4)CCCC3)cnc21. The molecule has 1 saturated carbocycles. The summed E-state index contributed by atoms with van der Waals surface area (Å²) < 4.78 is 14.8. The van der Waals surface area contributed by atoms with E-state index in [1.165, 1.54) is 29.0 Å². The molecule has 7 nitrogen and oxygen atoms in total. The maximum atomic E-state index is 13.4. The summed E-state index contributed by atoms with van der Waals surface area (Å²) in [7, 11) is 0. The van der Waals surface area contributed by atoms with Crippen LogP contribution in [0.25, 0.3) is 11.0 Å². The maximum Gasteiger partial charge on any atom is 0.329 e. The van der Waals surface area contributed by atoms with Gasteiger partial charge in [-0.05, 0) is 43.0 Å². The first-order chi connectivity index (χ1) is 14.4. The van der Waals surface area contributed by atoms with E-state index in [-0.39, 0.29) is 28.3 Å². The largest absolute Gasteiger partial charge is 0.342 e. The first kappa shape index (κ1) is 20.0. The second kappa shape index (κ2) is 7.85. The molecule has 0 radical (unpaired) electrons. The number of aryl methyl sites for hydroxylation is 1. The predicted molar refractivity (Wildman–Crippen MR) is 111 cm³/mol. The lowest BCUT2D eigenvalue weighted by atomic mass is 9.87. The minimum Gasteiger partial charge on any atom is -0.342 e. The van der Waals surface area contributed by atoms with Gasteiger partial charge in [-0.2, -0.15) is 0 Å². The van der Waals surface area contributed by atoms with Crippen LogP contribution in [0, 0.1) is 5.82 Å². The molecule has 1 fully saturated rings. The minimum atomic E-state index is -0.576. The van der Waals surface area contributed by atoms with Crippen molar-refractivity contribution in [3.05, 3.63) is 74.3 Å². The highest BCUT2D eigenvalue weighted by Gasteiger charge is 2.37. The van der Waals surface area contributed by atoms with Crippen molar-refractivity contribution < 1.29 is 9.18 Å². The van der Waals surface area contributed by atoms with Crippen molar-refractivity contribution in [3.8, 4) is 0 Å². The van der Waals surface area contributed by atoms with Crippen LogP contribution in [0.4, 0.5) is 4.39 Å². The minimum absolute atomic E-state index is 0.193. The van der Waals surface area contributed by atoms with Crippen LogP contribution >= 0.6 is 0 Å². The van der Waals surface area contributed by atoms with E-state index in [2.05, 4.69) is 15.3 Å². The average Bonchev–Trinajstić information content (AvgIpc) is 3.20. The third-order valence-corrected chi connectivity index (χ3v) is 5.75. The Kier molecular flexibility index (Phi) is 5.24. The number of carbonyl (C=O) groups is 1. The number of aromatic amines is 1. The van der Waals surface area contributed by atoms with Crippen LogP contribution in [0.5, 0.6) is 0 Å². The average molecular weight is 410 g/mol. The number of halogens is 1. The molecule has 0 aliphatic heterocycles. The fourth-order valence-corrected chi connectivity index (χ4v) is 4.25. The van der Waals surface area contributed by atoms with Crippen LogP contribution in [-0.4, -0.2) is 20.4 Å². The van der Waals surface area contributed by atoms with Crippen LogP contribution in [0.15, 0.2) is 46.1 Å². The first-order valence-electron chi connectivity index (χ1n) is 10.1. The van der Waals surface area contributed by atoms with Crippen molar-refractivity contribution in [1.29, 1.82) is 0 Å². The Morgan fingerprint density at radius 1 is 1.23 bits per heavy atom. The van der Waals surface area contributed by atoms with Gasteiger partial charge in [0.05, 0.1) is 16.5 Å². The number of hydrogen-bond acceptors (Lipinski definition) is 4. The quantitative estimate of drug-likeness (QED) is 0.676. The van der Waals surface area contributed by atoms with Gasteiger partial charge in [0.1, 0.15) is 11.5 Å². The Hall–Kier alpha value is -3.29. The van der Waals surface area contributed by atoms with Crippen molar-refractivity contribution in [2.75, 3.05) is 0 Å². The molecule has 2 N–H and O–H groups in total. The summed E-state index contributed by atoms with van der Waals surface area (Å²) in [5.74, 6) is -0.683. The Balaban J connectivity index is 1.71. The zero-order valence-electron chi connectivity index (χ0n) is 16.7. The molecular formula is C22H23FN4O3. The molecule has 2 aromatic heterocycles. The molecule has 4 rings (SSSR count). The Morgan fingerprint density at radius 2 is 1.93 bits per heavy atom. The number of H-pyrrole nitrogens is 1. The number of rotatable bonds is 5. The molecule has 1 aliphatic rings. The number of hydrogen-bond donors (Lipinski definition) is 2. The zero-order valence-corrected chi connectivity index (χ0v) is 16.7. The molecule has 156 valence electrons. The normalized spacial score (nSPS) is 15.4. The highest BCUT2D eigenvalue weighted by molar-refractivity contribution is 5.97. The van der Waals surface area contributed by atoms with Crippen LogP contribution in [0.2, 0.25) is 0 Å². The fourth-order valence-electron chi connectivity index (χ4n) is 4.25. The second-order valence-corrected chi connectivity index (χ2v) is 7.76. The van der Waals surface area contributed by atoms with Gasteiger partial charge in [-0.3, -0.25) is 19.1 Å². The zero-order chi connectivity index (χ0) is 21.3. The van der Waals surface area contributed by atoms with Crippen molar-refractivity contribution in [3.63, 3.8) is 0 Å². The number of pyridine rings is 1. The van der Waals surface area contributed by atoms with Gasteiger partial charge in [0.25, 0.3) is 11.5 Å². The van der Waals surface area contributed by atoms with Crippen LogP contribution < -0.4 is 16.6 Å². The lowest BCUT2D eigenvalue weighted by Gasteiger charge is -2.31. The van der Waals surface area contributed by atoms with Gasteiger partial charge in [0, 0.05) is 12.7 Å². The molecule has 0 atom stereocenters. The molecule has 1 aromatic carbocycles. The lowest BCUT2D eigenvalue weighted by Crippen LogP contribution is -2.44. The first-order valence-corrected chi connectivity index (χ1v) is 10.1. The third kappa shape index (κ3) is 3.53. The van der Waals surface area contributed by atoms with Gasteiger partial charge in [-0.1, -0.05) is 31.9 Å². The molecule has 0 unspecified atom stereocenters. The summed E-state index contributed by atoms with van der Waals surface area (Å²) >= 11 is 0. The Morgan fingerprint density at radius 3 is 2.60 bits per heavy atom. The summed E-state index contributed by atoms with van der Waals surface area (Å²) in [6.45, 7) is 2.33. The number of benzene rings is 1. The van der Waals surface area contributed by atoms with Gasteiger partial charge < -0.3 is 5.32 Å². The smallest absolute Gasteiger partial charge is 0.329 e. The summed E-state index contributed by atoms with van der Waals surface area (Å²) in [5, 5.41) is 3.29. The van der Waals surface area contributed by atoms with E-state index < -0.39 is 16.8 Å². The molecule has 0 spiro atoms. The molecule has 1 amide bonds. The van der Waals surface area contributed by atoms with E-state index in [4.69, 9.17) is 0 Å². The van der Waals surface area contributed by atoms with E-state index in [9.17, 15) is 18.8 Å². The summed E-state index contributed by atoms with van der Waals surface area (Å²) in [6, 6.07) is 7.66. The Bertz CT molecular complexity index is 1210. The fraction of sp³-hybridized carbons (Fsp3) is 0.364. The van der Waals surface area contributed by atoms with Gasteiger partial charge >= 0.3 is 5.69 Å². The van der Waals surface area contributed by atoms with Gasteiger partial charge in [0.2, 0.25) is 0 Å². The molecule has 8 heteroatoms. The summed E-state index contributed by atoms with van der Waals surface area (Å²) in [4.78, 5) is 44.0. The Labute approximate surface area is 172 Å². The topological polar surface area (TPSA) is 96.9 Å². The van der Waals surface area contributed by atoms with Crippen molar-refractivity contribution >= 4 is 16.9 Å². The maximum absolute atomic E-state index is 13.4. The van der Waals surface area contributed by atoms with Gasteiger partial charge in [-0.15, -0.1) is 0 Å². The monoisotopic (exact) mass is 410 g/mol. The molecular weight excluding hydrogens is 387 g/mol. The van der Waals surface area contributed by atoms with E-state index in [1.54, 1.807) is 12.1 Å². The number of nitrogens with one attached hydrogen (secondary N) is 2. The summed E-state index contributed by atoms with van der Waals surface area (Å²) in [6.07, 6.45) is 5.50. The lowest BCUT2D eigenvalue weighted by molar-refractivity contribution is 0.0898. The van der Waals surface area contributed by atoms with Crippen LogP contribution in [0.3, 0.4) is 0 Å². The third-order valence-electron chi connectivity index (χ3n) is 5.75. The molecule has 1 aliphatic carbocycles. The number of aromatic nitrogens is 3. The number of fused-ring (bicyclic) bond motifs is 1. The van der Waals surface area contributed by atoms with E-state index >= 15 is 0 Å². The second-order valence-electron chi connectivity index (χ2n) is 7.76. The van der Waals surface area contributed by atoms with Crippen LogP contribution in [-0.2, 0) is 12.1 Å². The van der Waals surface area contributed by atoms with E-state index in [0.717, 1.165) is 31.2 Å². The molecule has 30 heavy (non-hydrogen) atoms. The standard InChI is InChI=1S/C22H23FN4O3/c1-2-11-27-18-17(20(29)25-21(27)30)12-14(13-24-18)19(28)26-22(9-3-4-10-22)15-5-7-16(23)8-6-15/h5-8,12-13H,2-4,9-11H2,1H3,(H,26,28)(H,25,29,30). The molecule has 3 aromatic rings. The predicted octanol–water partition coefficient (Wildman–Crippen LogP) is 2.83. The van der Waals surface area contributed by atoms with Crippen molar-refractivity contribution in [1.82, 2.24) is 19.9 Å². The van der Waals surface area contributed by atoms with Gasteiger partial charge in [-0.25, -0.2) is 14.2 Å².